The van der Waals surface area contributed by atoms with Crippen molar-refractivity contribution in [3.63, 3.8) is 0 Å². The molecule has 2 unspecified atom stereocenters. The molecule has 3 rings (SSSR count). The zero-order valence-corrected chi connectivity index (χ0v) is 10.7. The van der Waals surface area contributed by atoms with Crippen LogP contribution in [-0.2, 0) is 0 Å². The molecule has 2 aliphatic rings. The highest BCUT2D eigenvalue weighted by Gasteiger charge is 2.26. The van der Waals surface area contributed by atoms with Crippen molar-refractivity contribution >= 4 is 5.69 Å². The van der Waals surface area contributed by atoms with Gasteiger partial charge < -0.3 is 10.2 Å². The molecule has 0 amide bonds. The number of likely N-dealkylation sites (tertiary alicyclic amines) is 1. The molecule has 2 aliphatic heterocycles. The molecule has 2 heterocycles. The molecule has 1 aromatic rings. The van der Waals surface area contributed by atoms with E-state index >= 15 is 0 Å². The Kier molecular flexibility index (Phi) is 3.06. The molecule has 2 nitrogen and oxygen atoms in total. The molecule has 1 N–H and O–H groups in total. The highest BCUT2D eigenvalue weighted by atomic mass is 15.2. The second-order valence-electron chi connectivity index (χ2n) is 5.49. The van der Waals surface area contributed by atoms with E-state index in [4.69, 9.17) is 0 Å². The van der Waals surface area contributed by atoms with Crippen LogP contribution in [-0.4, -0.2) is 30.6 Å². The van der Waals surface area contributed by atoms with Gasteiger partial charge in [0.15, 0.2) is 0 Å². The molecule has 2 heteroatoms. The van der Waals surface area contributed by atoms with Gasteiger partial charge in [0.25, 0.3) is 0 Å². The molecular weight excluding hydrogens is 208 g/mol. The Morgan fingerprint density at radius 1 is 1.29 bits per heavy atom. The number of hydrogen-bond acceptors (Lipinski definition) is 2. The maximum absolute atomic E-state index is 3.51. The number of fused-ring (bicyclic) bond motifs is 1. The van der Waals surface area contributed by atoms with Crippen molar-refractivity contribution in [3.05, 3.63) is 29.8 Å². The van der Waals surface area contributed by atoms with Crippen molar-refractivity contribution in [1.29, 1.82) is 0 Å². The monoisotopic (exact) mass is 230 g/mol. The Balaban J connectivity index is 1.76. The molecule has 1 aromatic carbocycles. The Labute approximate surface area is 104 Å². The van der Waals surface area contributed by atoms with Gasteiger partial charge >= 0.3 is 0 Å². The maximum Gasteiger partial charge on any atom is 0.0376 e. The van der Waals surface area contributed by atoms with Gasteiger partial charge in [-0.25, -0.2) is 0 Å². The maximum atomic E-state index is 3.51. The first kappa shape index (κ1) is 11.1. The van der Waals surface area contributed by atoms with Gasteiger partial charge in [-0.15, -0.1) is 0 Å². The van der Waals surface area contributed by atoms with Gasteiger partial charge in [0.2, 0.25) is 0 Å². The molecule has 92 valence electrons. The number of rotatable bonds is 2. The van der Waals surface area contributed by atoms with E-state index in [9.17, 15) is 0 Å². The summed E-state index contributed by atoms with van der Waals surface area (Å²) in [4.78, 5) is 2.67. The number of benzene rings is 1. The molecule has 1 fully saturated rings. The molecule has 0 aliphatic carbocycles. The first-order valence-corrected chi connectivity index (χ1v) is 6.91. The lowest BCUT2D eigenvalue weighted by molar-refractivity contribution is 0.247. The van der Waals surface area contributed by atoms with Gasteiger partial charge in [-0.1, -0.05) is 18.2 Å². The molecule has 0 radical (unpaired) electrons. The minimum Gasteiger partial charge on any atom is -0.385 e. The van der Waals surface area contributed by atoms with E-state index in [1.54, 1.807) is 0 Å². The van der Waals surface area contributed by atoms with Crippen molar-refractivity contribution in [2.75, 3.05) is 25.0 Å². The Morgan fingerprint density at radius 2 is 2.18 bits per heavy atom. The third-order valence-corrected chi connectivity index (χ3v) is 4.35. The van der Waals surface area contributed by atoms with Crippen molar-refractivity contribution in [2.24, 2.45) is 0 Å². The van der Waals surface area contributed by atoms with E-state index in [0.29, 0.717) is 0 Å². The quantitative estimate of drug-likeness (QED) is 0.840. The summed E-state index contributed by atoms with van der Waals surface area (Å²) < 4.78 is 0. The lowest BCUT2D eigenvalue weighted by Gasteiger charge is -2.31. The molecule has 1 saturated heterocycles. The topological polar surface area (TPSA) is 15.3 Å². The Hall–Kier alpha value is -1.02. The third kappa shape index (κ3) is 2.19. The van der Waals surface area contributed by atoms with Crippen molar-refractivity contribution in [1.82, 2.24) is 4.90 Å². The highest BCUT2D eigenvalue weighted by molar-refractivity contribution is 5.54. The average Bonchev–Trinajstić information content (AvgIpc) is 2.76. The molecule has 0 saturated carbocycles. The van der Waals surface area contributed by atoms with Crippen LogP contribution in [0.25, 0.3) is 0 Å². The van der Waals surface area contributed by atoms with E-state index in [0.717, 1.165) is 18.5 Å². The fourth-order valence-electron chi connectivity index (χ4n) is 3.29. The summed E-state index contributed by atoms with van der Waals surface area (Å²) in [5.74, 6) is 0.730. The summed E-state index contributed by atoms with van der Waals surface area (Å²) in [6.45, 7) is 6.05. The number of anilines is 1. The number of para-hydroxylation sites is 1. The van der Waals surface area contributed by atoms with Gasteiger partial charge in [-0.2, -0.15) is 0 Å². The van der Waals surface area contributed by atoms with Crippen LogP contribution in [0.15, 0.2) is 24.3 Å². The molecule has 0 bridgehead atoms. The number of nitrogens with zero attached hydrogens (tertiary/aromatic N) is 1. The molecule has 0 spiro atoms. The van der Waals surface area contributed by atoms with Crippen LogP contribution in [0.4, 0.5) is 5.69 Å². The van der Waals surface area contributed by atoms with E-state index in [1.807, 2.05) is 0 Å². The van der Waals surface area contributed by atoms with Crippen LogP contribution >= 0.6 is 0 Å². The van der Waals surface area contributed by atoms with E-state index in [2.05, 4.69) is 41.4 Å². The van der Waals surface area contributed by atoms with E-state index < -0.39 is 0 Å². The number of hydrogen-bond donors (Lipinski definition) is 1. The summed E-state index contributed by atoms with van der Waals surface area (Å²) in [7, 11) is 0. The Bertz CT molecular complexity index is 388. The lowest BCUT2D eigenvalue weighted by atomic mass is 9.90. The average molecular weight is 230 g/mol. The van der Waals surface area contributed by atoms with Gasteiger partial charge in [0.05, 0.1) is 0 Å². The summed E-state index contributed by atoms with van der Waals surface area (Å²) in [6.07, 6.45) is 4.04. The molecule has 0 aromatic heterocycles. The summed E-state index contributed by atoms with van der Waals surface area (Å²) in [5, 5.41) is 3.51. The van der Waals surface area contributed by atoms with Crippen LogP contribution in [0.1, 0.15) is 37.7 Å². The normalized spacial score (nSPS) is 28.8. The molecular formula is C15H22N2. The summed E-state index contributed by atoms with van der Waals surface area (Å²) in [5.41, 5.74) is 2.88. The van der Waals surface area contributed by atoms with E-state index in [1.165, 1.54) is 43.6 Å². The minimum atomic E-state index is 0.730. The Morgan fingerprint density at radius 3 is 3.00 bits per heavy atom. The van der Waals surface area contributed by atoms with Crippen LogP contribution < -0.4 is 5.32 Å². The molecule has 17 heavy (non-hydrogen) atoms. The predicted octanol–water partition coefficient (Wildman–Crippen LogP) is 3.07. The SMILES string of the molecule is CC1CCCN1CC1CCNc2ccccc21. The van der Waals surface area contributed by atoms with Gasteiger partial charge in [-0.3, -0.25) is 0 Å². The number of nitrogens with one attached hydrogen (secondary N) is 1. The van der Waals surface area contributed by atoms with Crippen molar-refractivity contribution < 1.29 is 0 Å². The molecule has 2 atom stereocenters. The fraction of sp³-hybridized carbons (Fsp3) is 0.600. The standard InChI is InChI=1S/C15H22N2/c1-12-5-4-10-17(12)11-13-8-9-16-15-7-3-2-6-14(13)15/h2-3,6-7,12-13,16H,4-5,8-11H2,1H3. The zero-order chi connectivity index (χ0) is 11.7. The fourth-order valence-corrected chi connectivity index (χ4v) is 3.29. The first-order chi connectivity index (χ1) is 8.34. The zero-order valence-electron chi connectivity index (χ0n) is 10.7. The summed E-state index contributed by atoms with van der Waals surface area (Å²) >= 11 is 0. The van der Waals surface area contributed by atoms with Crippen LogP contribution in [0.2, 0.25) is 0 Å². The largest absolute Gasteiger partial charge is 0.385 e. The minimum absolute atomic E-state index is 0.730. The summed E-state index contributed by atoms with van der Waals surface area (Å²) in [6, 6.07) is 9.61. The predicted molar refractivity (Wildman–Crippen MR) is 72.6 cm³/mol. The van der Waals surface area contributed by atoms with Crippen LogP contribution in [0.5, 0.6) is 0 Å². The van der Waals surface area contributed by atoms with Gasteiger partial charge in [0, 0.05) is 30.7 Å². The van der Waals surface area contributed by atoms with Gasteiger partial charge in [-0.05, 0) is 44.4 Å². The van der Waals surface area contributed by atoms with Gasteiger partial charge in [0.1, 0.15) is 0 Å². The smallest absolute Gasteiger partial charge is 0.0376 e. The van der Waals surface area contributed by atoms with Crippen LogP contribution in [0, 0.1) is 0 Å². The highest BCUT2D eigenvalue weighted by Crippen LogP contribution is 2.33. The first-order valence-electron chi connectivity index (χ1n) is 6.91. The second kappa shape index (κ2) is 4.69. The van der Waals surface area contributed by atoms with E-state index in [-0.39, 0.29) is 0 Å². The van der Waals surface area contributed by atoms with Crippen molar-refractivity contribution in [3.8, 4) is 0 Å². The van der Waals surface area contributed by atoms with Crippen LogP contribution in [0.3, 0.4) is 0 Å². The third-order valence-electron chi connectivity index (χ3n) is 4.35. The second-order valence-corrected chi connectivity index (χ2v) is 5.49. The lowest BCUT2D eigenvalue weighted by Crippen LogP contribution is -2.33. The van der Waals surface area contributed by atoms with Crippen molar-refractivity contribution in [2.45, 2.75) is 38.1 Å².